The maximum absolute atomic E-state index is 13.0. The van der Waals surface area contributed by atoms with Gasteiger partial charge in [0.2, 0.25) is 10.0 Å². The minimum atomic E-state index is -3.76. The molecule has 0 bridgehead atoms. The van der Waals surface area contributed by atoms with E-state index in [0.717, 1.165) is 12.8 Å². The fourth-order valence-corrected chi connectivity index (χ4v) is 4.87. The van der Waals surface area contributed by atoms with Gasteiger partial charge in [0.05, 0.1) is 7.11 Å². The van der Waals surface area contributed by atoms with Crippen LogP contribution in [0.4, 0.5) is 5.69 Å². The highest BCUT2D eigenvalue weighted by atomic mass is 32.2. The van der Waals surface area contributed by atoms with E-state index in [2.05, 4.69) is 10.6 Å². The molecule has 3 rings (SSSR count). The Labute approximate surface area is 169 Å². The van der Waals surface area contributed by atoms with Gasteiger partial charge >= 0.3 is 0 Å². The van der Waals surface area contributed by atoms with Crippen molar-refractivity contribution in [2.24, 2.45) is 0 Å². The van der Waals surface area contributed by atoms with E-state index in [0.29, 0.717) is 24.3 Å². The van der Waals surface area contributed by atoms with Gasteiger partial charge in [0.15, 0.2) is 0 Å². The fourth-order valence-electron chi connectivity index (χ4n) is 3.17. The van der Waals surface area contributed by atoms with Gasteiger partial charge in [0, 0.05) is 37.0 Å². The molecule has 2 aromatic rings. The predicted molar refractivity (Wildman–Crippen MR) is 109 cm³/mol. The number of sulfonamides is 1. The Balaban J connectivity index is 1.89. The van der Waals surface area contributed by atoms with E-state index in [9.17, 15) is 18.0 Å². The zero-order valence-electron chi connectivity index (χ0n) is 16.3. The molecule has 0 unspecified atom stereocenters. The van der Waals surface area contributed by atoms with E-state index in [4.69, 9.17) is 4.74 Å². The van der Waals surface area contributed by atoms with Crippen LogP contribution in [0.2, 0.25) is 0 Å². The van der Waals surface area contributed by atoms with Crippen molar-refractivity contribution in [1.82, 2.24) is 9.62 Å². The lowest BCUT2D eigenvalue weighted by atomic mass is 10.1. The molecule has 1 fully saturated rings. The molecule has 1 saturated heterocycles. The molecule has 0 spiro atoms. The highest BCUT2D eigenvalue weighted by Gasteiger charge is 2.30. The molecule has 0 radical (unpaired) electrons. The van der Waals surface area contributed by atoms with Gasteiger partial charge in [-0.05, 0) is 49.2 Å². The largest absolute Gasteiger partial charge is 0.495 e. The number of nitrogens with one attached hydrogen (secondary N) is 2. The minimum Gasteiger partial charge on any atom is -0.495 e. The molecule has 2 N–H and O–H groups in total. The van der Waals surface area contributed by atoms with Crippen LogP contribution in [0.1, 0.15) is 33.6 Å². The van der Waals surface area contributed by atoms with E-state index in [1.807, 2.05) is 0 Å². The van der Waals surface area contributed by atoms with Crippen LogP contribution in [-0.4, -0.2) is 51.8 Å². The first-order valence-electron chi connectivity index (χ1n) is 9.18. The van der Waals surface area contributed by atoms with Gasteiger partial charge in [0.1, 0.15) is 10.6 Å². The van der Waals surface area contributed by atoms with E-state index >= 15 is 0 Å². The maximum Gasteiger partial charge on any atom is 0.255 e. The Morgan fingerprint density at radius 2 is 1.69 bits per heavy atom. The zero-order valence-corrected chi connectivity index (χ0v) is 17.1. The molecule has 0 saturated carbocycles. The summed E-state index contributed by atoms with van der Waals surface area (Å²) in [5, 5.41) is 5.22. The predicted octanol–water partition coefficient (Wildman–Crippen LogP) is 2.09. The molecule has 154 valence electrons. The van der Waals surface area contributed by atoms with Crippen molar-refractivity contribution in [2.45, 2.75) is 17.7 Å². The average molecular weight is 417 g/mol. The van der Waals surface area contributed by atoms with E-state index in [1.54, 1.807) is 24.3 Å². The highest BCUT2D eigenvalue weighted by Crippen LogP contribution is 2.30. The lowest BCUT2D eigenvalue weighted by Crippen LogP contribution is -2.28. The summed E-state index contributed by atoms with van der Waals surface area (Å²) in [5.41, 5.74) is 1.00. The van der Waals surface area contributed by atoms with Gasteiger partial charge in [-0.3, -0.25) is 9.59 Å². The molecular formula is C20H23N3O5S. The number of nitrogens with zero attached hydrogens (tertiary/aromatic N) is 1. The van der Waals surface area contributed by atoms with Crippen LogP contribution >= 0.6 is 0 Å². The maximum atomic E-state index is 13.0. The number of benzene rings is 2. The third kappa shape index (κ3) is 4.41. The van der Waals surface area contributed by atoms with Crippen molar-refractivity contribution < 1.29 is 22.7 Å². The molecule has 1 heterocycles. The van der Waals surface area contributed by atoms with Gasteiger partial charge in [0.25, 0.3) is 11.8 Å². The number of hydrogen-bond donors (Lipinski definition) is 2. The molecule has 8 nitrogen and oxygen atoms in total. The molecule has 0 aromatic heterocycles. The Morgan fingerprint density at radius 1 is 1.00 bits per heavy atom. The minimum absolute atomic E-state index is 0.0336. The Morgan fingerprint density at radius 3 is 2.34 bits per heavy atom. The molecular weight excluding hydrogens is 394 g/mol. The molecule has 0 atom stereocenters. The van der Waals surface area contributed by atoms with Crippen LogP contribution in [-0.2, 0) is 10.0 Å². The Bertz CT molecular complexity index is 1030. The van der Waals surface area contributed by atoms with Crippen LogP contribution in [0.5, 0.6) is 5.75 Å². The Kier molecular flexibility index (Phi) is 6.19. The van der Waals surface area contributed by atoms with Crippen LogP contribution in [0, 0.1) is 0 Å². The molecule has 29 heavy (non-hydrogen) atoms. The first-order valence-corrected chi connectivity index (χ1v) is 10.6. The molecule has 1 aliphatic heterocycles. The van der Waals surface area contributed by atoms with E-state index in [-0.39, 0.29) is 22.1 Å². The number of anilines is 1. The van der Waals surface area contributed by atoms with Crippen molar-refractivity contribution >= 4 is 27.5 Å². The van der Waals surface area contributed by atoms with Gasteiger partial charge in [-0.2, -0.15) is 4.31 Å². The molecule has 9 heteroatoms. The highest BCUT2D eigenvalue weighted by molar-refractivity contribution is 7.89. The third-order valence-corrected chi connectivity index (χ3v) is 6.64. The first-order chi connectivity index (χ1) is 13.9. The summed E-state index contributed by atoms with van der Waals surface area (Å²) in [5.74, 6) is -0.570. The van der Waals surface area contributed by atoms with Crippen molar-refractivity contribution in [3.63, 3.8) is 0 Å². The summed E-state index contributed by atoms with van der Waals surface area (Å²) in [6, 6.07) is 10.8. The smallest absolute Gasteiger partial charge is 0.255 e. The number of amides is 2. The fraction of sp³-hybridized carbons (Fsp3) is 0.300. The molecule has 2 amide bonds. The third-order valence-electron chi connectivity index (χ3n) is 4.72. The lowest BCUT2D eigenvalue weighted by molar-refractivity contribution is 0.0961. The SMILES string of the molecule is CNC(=O)c1cccc(NC(=O)c2ccc(OC)c(S(=O)(=O)N3CCCC3)c2)c1. The second kappa shape index (κ2) is 8.62. The van der Waals surface area contributed by atoms with Crippen molar-refractivity contribution in [3.8, 4) is 5.75 Å². The van der Waals surface area contributed by atoms with Crippen molar-refractivity contribution in [2.75, 3.05) is 32.6 Å². The number of ether oxygens (including phenoxy) is 1. The van der Waals surface area contributed by atoms with Crippen molar-refractivity contribution in [1.29, 1.82) is 0 Å². The van der Waals surface area contributed by atoms with Gasteiger partial charge < -0.3 is 15.4 Å². The normalized spacial score (nSPS) is 14.4. The standard InChI is InChI=1S/C20H23N3O5S/c1-21-19(24)14-6-5-7-16(12-14)22-20(25)15-8-9-17(28-2)18(13-15)29(26,27)23-10-3-4-11-23/h5-9,12-13H,3-4,10-11H2,1-2H3,(H,21,24)(H,22,25). The van der Waals surface area contributed by atoms with Crippen LogP contribution in [0.25, 0.3) is 0 Å². The summed E-state index contributed by atoms with van der Waals surface area (Å²) < 4.78 is 32.6. The average Bonchev–Trinajstić information content (AvgIpc) is 3.28. The van der Waals surface area contributed by atoms with Crippen LogP contribution in [0.3, 0.4) is 0 Å². The van der Waals surface area contributed by atoms with Crippen LogP contribution < -0.4 is 15.4 Å². The second-order valence-corrected chi connectivity index (χ2v) is 8.50. The number of carbonyl (C=O) groups is 2. The summed E-state index contributed by atoms with van der Waals surface area (Å²) in [4.78, 5) is 24.4. The Hall–Kier alpha value is -2.91. The summed E-state index contributed by atoms with van der Waals surface area (Å²) in [6.45, 7) is 0.905. The van der Waals surface area contributed by atoms with Gasteiger partial charge in [-0.15, -0.1) is 0 Å². The second-order valence-electron chi connectivity index (χ2n) is 6.59. The van der Waals surface area contributed by atoms with E-state index in [1.165, 1.54) is 36.7 Å². The molecule has 0 aliphatic carbocycles. The monoisotopic (exact) mass is 417 g/mol. The first kappa shape index (κ1) is 20.8. The summed E-state index contributed by atoms with van der Waals surface area (Å²) in [7, 11) is -0.844. The quantitative estimate of drug-likeness (QED) is 0.749. The molecule has 1 aliphatic rings. The summed E-state index contributed by atoms with van der Waals surface area (Å²) in [6.07, 6.45) is 1.62. The van der Waals surface area contributed by atoms with Gasteiger partial charge in [-0.25, -0.2) is 8.42 Å². The number of hydrogen-bond acceptors (Lipinski definition) is 5. The van der Waals surface area contributed by atoms with Crippen LogP contribution in [0.15, 0.2) is 47.4 Å². The summed E-state index contributed by atoms with van der Waals surface area (Å²) >= 11 is 0. The van der Waals surface area contributed by atoms with Crippen molar-refractivity contribution in [3.05, 3.63) is 53.6 Å². The topological polar surface area (TPSA) is 105 Å². The lowest BCUT2D eigenvalue weighted by Gasteiger charge is -2.18. The number of rotatable bonds is 6. The van der Waals surface area contributed by atoms with Gasteiger partial charge in [-0.1, -0.05) is 6.07 Å². The van der Waals surface area contributed by atoms with E-state index < -0.39 is 15.9 Å². The number of methoxy groups -OCH3 is 1. The molecule has 2 aromatic carbocycles. The zero-order chi connectivity index (χ0) is 21.0. The number of carbonyl (C=O) groups excluding carboxylic acids is 2.